The summed E-state index contributed by atoms with van der Waals surface area (Å²) in [4.78, 5) is 18.8. The maximum absolute atomic E-state index is 4.97. The third kappa shape index (κ3) is 6.00. The Hall–Kier alpha value is -6.85. The maximum atomic E-state index is 4.97. The van der Waals surface area contributed by atoms with Gasteiger partial charge in [0.15, 0.2) is 0 Å². The van der Waals surface area contributed by atoms with Crippen molar-refractivity contribution in [2.75, 3.05) is 9.80 Å². The van der Waals surface area contributed by atoms with Crippen LogP contribution in [0, 0.1) is 0 Å². The number of hydrogen-bond acceptors (Lipinski definition) is 5. The van der Waals surface area contributed by atoms with Gasteiger partial charge in [0.2, 0.25) is 0 Å². The Labute approximate surface area is 292 Å². The van der Waals surface area contributed by atoms with Gasteiger partial charge in [-0.2, -0.15) is 0 Å². The van der Waals surface area contributed by atoms with Gasteiger partial charge in [-0.15, -0.1) is 0 Å². The fourth-order valence-electron chi connectivity index (χ4n) is 6.51. The van der Waals surface area contributed by atoms with E-state index >= 15 is 0 Å². The summed E-state index contributed by atoms with van der Waals surface area (Å²) in [5, 5.41) is 0. The van der Waals surface area contributed by atoms with Crippen molar-refractivity contribution in [1.82, 2.24) is 15.0 Å². The predicted octanol–water partition coefficient (Wildman–Crippen LogP) is 11.8. The van der Waals surface area contributed by atoms with Gasteiger partial charge in [-0.05, 0) is 72.3 Å². The summed E-state index contributed by atoms with van der Waals surface area (Å²) in [5.41, 5.74) is 12.0. The average Bonchev–Trinajstić information content (AvgIpc) is 3.20. The average molecular weight is 644 g/mol. The first-order valence-corrected chi connectivity index (χ1v) is 16.6. The van der Waals surface area contributed by atoms with Crippen molar-refractivity contribution >= 4 is 34.1 Å². The summed E-state index contributed by atoms with van der Waals surface area (Å²) < 4.78 is 0. The minimum atomic E-state index is 0.821. The van der Waals surface area contributed by atoms with E-state index in [0.717, 1.165) is 67.6 Å². The van der Waals surface area contributed by atoms with Crippen LogP contribution in [0.5, 0.6) is 0 Å². The van der Waals surface area contributed by atoms with Crippen LogP contribution in [0.15, 0.2) is 201 Å². The molecule has 0 bridgehead atoms. The van der Waals surface area contributed by atoms with Crippen molar-refractivity contribution in [2.24, 2.45) is 0 Å². The van der Waals surface area contributed by atoms with Gasteiger partial charge in [-0.25, -0.2) is 9.97 Å². The molecule has 0 N–H and O–H groups in total. The molecule has 238 valence electrons. The lowest BCUT2D eigenvalue weighted by Crippen LogP contribution is -2.11. The molecule has 50 heavy (non-hydrogen) atoms. The third-order valence-corrected chi connectivity index (χ3v) is 8.72. The van der Waals surface area contributed by atoms with Gasteiger partial charge >= 0.3 is 0 Å². The van der Waals surface area contributed by atoms with Crippen molar-refractivity contribution in [3.8, 4) is 33.5 Å². The van der Waals surface area contributed by atoms with Gasteiger partial charge in [-0.1, -0.05) is 109 Å². The SMILES string of the molecule is c1ccc(N(c2ccccc2)c2ccccc2-c2ccncc2-c2cncnc2-c2ccccc2N(c2ccccc2)c2ccccc2)cc1. The van der Waals surface area contributed by atoms with E-state index in [4.69, 9.17) is 4.98 Å². The topological polar surface area (TPSA) is 45.2 Å². The molecule has 0 atom stereocenters. The zero-order valence-electron chi connectivity index (χ0n) is 27.3. The van der Waals surface area contributed by atoms with Gasteiger partial charge in [0.05, 0.1) is 17.1 Å². The number of aromatic nitrogens is 3. The lowest BCUT2D eigenvalue weighted by Gasteiger charge is -2.29. The molecule has 0 aliphatic rings. The smallest absolute Gasteiger partial charge is 0.116 e. The van der Waals surface area contributed by atoms with Crippen molar-refractivity contribution in [3.05, 3.63) is 201 Å². The zero-order chi connectivity index (χ0) is 33.5. The molecule has 0 aliphatic heterocycles. The highest BCUT2D eigenvalue weighted by Crippen LogP contribution is 2.46. The molecule has 0 unspecified atom stereocenters. The van der Waals surface area contributed by atoms with Crippen LogP contribution in [0.3, 0.4) is 0 Å². The summed E-state index contributed by atoms with van der Waals surface area (Å²) in [7, 11) is 0. The first-order valence-electron chi connectivity index (χ1n) is 16.6. The predicted molar refractivity (Wildman–Crippen MR) is 206 cm³/mol. The molecule has 0 amide bonds. The van der Waals surface area contributed by atoms with Gasteiger partial charge in [0.25, 0.3) is 0 Å². The first kappa shape index (κ1) is 30.5. The molecule has 0 spiro atoms. The highest BCUT2D eigenvalue weighted by atomic mass is 15.2. The Morgan fingerprint density at radius 3 is 1.26 bits per heavy atom. The third-order valence-electron chi connectivity index (χ3n) is 8.72. The first-order chi connectivity index (χ1) is 24.9. The minimum Gasteiger partial charge on any atom is -0.310 e. The number of nitrogens with zero attached hydrogens (tertiary/aromatic N) is 5. The number of para-hydroxylation sites is 6. The normalized spacial score (nSPS) is 10.8. The molecule has 2 aromatic heterocycles. The van der Waals surface area contributed by atoms with Crippen molar-refractivity contribution in [3.63, 3.8) is 0 Å². The second-order valence-corrected chi connectivity index (χ2v) is 11.8. The maximum Gasteiger partial charge on any atom is 0.116 e. The lowest BCUT2D eigenvalue weighted by atomic mass is 9.92. The van der Waals surface area contributed by atoms with Crippen molar-refractivity contribution < 1.29 is 0 Å². The van der Waals surface area contributed by atoms with Gasteiger partial charge in [-0.3, -0.25) is 4.98 Å². The van der Waals surface area contributed by atoms with Crippen LogP contribution in [0.2, 0.25) is 0 Å². The number of anilines is 6. The number of benzene rings is 6. The van der Waals surface area contributed by atoms with Crippen molar-refractivity contribution in [1.29, 1.82) is 0 Å². The lowest BCUT2D eigenvalue weighted by molar-refractivity contribution is 1.17. The standard InChI is InChI=1S/C45H33N5/c1-5-17-34(18-6-1)49(35-19-7-2-8-20-35)43-27-15-13-25-39(43)38-29-30-46-31-41(38)42-32-47-33-48-45(42)40-26-14-16-28-44(40)50(36-21-9-3-10-22-36)37-23-11-4-12-24-37/h1-33H. The fourth-order valence-corrected chi connectivity index (χ4v) is 6.51. The van der Waals surface area contributed by atoms with Gasteiger partial charge in [0.1, 0.15) is 6.33 Å². The Balaban J connectivity index is 1.31. The Morgan fingerprint density at radius 1 is 0.320 bits per heavy atom. The Bertz CT molecular complexity index is 2080. The summed E-state index contributed by atoms with van der Waals surface area (Å²) >= 11 is 0. The van der Waals surface area contributed by atoms with Gasteiger partial charge in [0, 0.05) is 63.6 Å². The molecular weight excluding hydrogens is 611 g/mol. The molecule has 8 rings (SSSR count). The van der Waals surface area contributed by atoms with E-state index in [2.05, 4.69) is 171 Å². The second-order valence-electron chi connectivity index (χ2n) is 11.8. The molecule has 8 aromatic rings. The summed E-state index contributed by atoms with van der Waals surface area (Å²) in [6.07, 6.45) is 7.32. The van der Waals surface area contributed by atoms with E-state index in [-0.39, 0.29) is 0 Å². The molecular formula is C45H33N5. The van der Waals surface area contributed by atoms with E-state index in [1.807, 2.05) is 42.9 Å². The van der Waals surface area contributed by atoms with Crippen LogP contribution < -0.4 is 9.80 Å². The van der Waals surface area contributed by atoms with Crippen LogP contribution in [0.1, 0.15) is 0 Å². The Morgan fingerprint density at radius 2 is 0.740 bits per heavy atom. The summed E-state index contributed by atoms with van der Waals surface area (Å²) in [6, 6.07) is 60.9. The molecule has 5 nitrogen and oxygen atoms in total. The Kier molecular flexibility index (Phi) is 8.60. The van der Waals surface area contributed by atoms with E-state index < -0.39 is 0 Å². The molecule has 0 fully saturated rings. The quantitative estimate of drug-likeness (QED) is 0.157. The van der Waals surface area contributed by atoms with Crippen LogP contribution in [-0.2, 0) is 0 Å². The molecule has 0 aliphatic carbocycles. The van der Waals surface area contributed by atoms with Crippen molar-refractivity contribution in [2.45, 2.75) is 0 Å². The van der Waals surface area contributed by atoms with Crippen LogP contribution in [-0.4, -0.2) is 15.0 Å². The largest absolute Gasteiger partial charge is 0.310 e. The second kappa shape index (κ2) is 14.1. The molecule has 2 heterocycles. The number of hydrogen-bond donors (Lipinski definition) is 0. The molecule has 0 saturated heterocycles. The van der Waals surface area contributed by atoms with Crippen LogP contribution in [0.4, 0.5) is 34.1 Å². The zero-order valence-corrected chi connectivity index (χ0v) is 27.3. The van der Waals surface area contributed by atoms with Gasteiger partial charge < -0.3 is 9.80 Å². The van der Waals surface area contributed by atoms with Crippen LogP contribution >= 0.6 is 0 Å². The van der Waals surface area contributed by atoms with E-state index in [1.165, 1.54) is 0 Å². The molecule has 5 heteroatoms. The van der Waals surface area contributed by atoms with E-state index in [9.17, 15) is 0 Å². The highest BCUT2D eigenvalue weighted by molar-refractivity contribution is 5.98. The summed E-state index contributed by atoms with van der Waals surface area (Å²) in [5.74, 6) is 0. The molecule has 0 radical (unpaired) electrons. The van der Waals surface area contributed by atoms with Crippen LogP contribution in [0.25, 0.3) is 33.5 Å². The highest BCUT2D eigenvalue weighted by Gasteiger charge is 2.23. The number of pyridine rings is 1. The molecule has 0 saturated carbocycles. The number of rotatable bonds is 9. The van der Waals surface area contributed by atoms with E-state index in [0.29, 0.717) is 0 Å². The van der Waals surface area contributed by atoms with E-state index in [1.54, 1.807) is 6.33 Å². The molecule has 6 aromatic carbocycles. The summed E-state index contributed by atoms with van der Waals surface area (Å²) in [6.45, 7) is 0. The fraction of sp³-hybridized carbons (Fsp3) is 0. The minimum absolute atomic E-state index is 0.821. The monoisotopic (exact) mass is 643 g/mol.